The van der Waals surface area contributed by atoms with Gasteiger partial charge in [0.1, 0.15) is 0 Å². The molecule has 0 aromatic rings. The van der Waals surface area contributed by atoms with Gasteiger partial charge in [0, 0.05) is 0 Å². The van der Waals surface area contributed by atoms with Crippen LogP contribution in [0.5, 0.6) is 0 Å². The molecule has 0 saturated heterocycles. The molecule has 0 aliphatic heterocycles. The Kier molecular flexibility index (Phi) is 3.85. The van der Waals surface area contributed by atoms with E-state index < -0.39 is 7.12 Å². The quantitative estimate of drug-likeness (QED) is 0.361. The molecule has 6 heavy (non-hydrogen) atoms. The molecular formula is C2H8BO2P. The lowest BCUT2D eigenvalue weighted by Gasteiger charge is -1.88. The summed E-state index contributed by atoms with van der Waals surface area (Å²) in [6.45, 7) is 1.93. The number of hydrogen-bond donors (Lipinski definition) is 2. The van der Waals surface area contributed by atoms with E-state index in [-0.39, 0.29) is 0 Å². The minimum atomic E-state index is -1.09. The predicted octanol–water partition coefficient (Wildman–Crippen LogP) is -0.693. The van der Waals surface area contributed by atoms with Gasteiger partial charge in [-0.25, -0.2) is 0 Å². The molecule has 1 atom stereocenters. The van der Waals surface area contributed by atoms with Gasteiger partial charge in [-0.1, -0.05) is 0 Å². The van der Waals surface area contributed by atoms with Gasteiger partial charge >= 0.3 is 7.12 Å². The summed E-state index contributed by atoms with van der Waals surface area (Å²) in [6.07, 6.45) is 0. The molecule has 36 valence electrons. The molecular weight excluding hydrogens is 97.8 g/mol. The standard InChI is InChI=1S/C2H8BO2P/c1-6-2-3(4)5/h4-6H,2H2,1H3. The Morgan fingerprint density at radius 1 is 1.67 bits per heavy atom. The fourth-order valence-corrected chi connectivity index (χ4v) is 0.548. The zero-order valence-corrected chi connectivity index (χ0v) is 4.68. The van der Waals surface area contributed by atoms with Crippen molar-refractivity contribution in [2.24, 2.45) is 0 Å². The molecule has 0 rings (SSSR count). The summed E-state index contributed by atoms with van der Waals surface area (Å²) in [4.78, 5) is 0. The molecule has 0 aromatic heterocycles. The lowest BCUT2D eigenvalue weighted by atomic mass is 9.98. The van der Waals surface area contributed by atoms with Gasteiger partial charge in [0.25, 0.3) is 0 Å². The molecule has 0 aliphatic rings. The average Bonchev–Trinajstić information content (AvgIpc) is 1.35. The molecule has 4 heteroatoms. The van der Waals surface area contributed by atoms with Crippen molar-refractivity contribution in [3.8, 4) is 0 Å². The second kappa shape index (κ2) is 3.60. The largest absolute Gasteiger partial charge is 0.455 e. The molecule has 0 aromatic carbocycles. The summed E-state index contributed by atoms with van der Waals surface area (Å²) in [5.41, 5.74) is 0. The molecule has 2 N–H and O–H groups in total. The fraction of sp³-hybridized carbons (Fsp3) is 1.00. The highest BCUT2D eigenvalue weighted by molar-refractivity contribution is 7.39. The topological polar surface area (TPSA) is 40.5 Å². The molecule has 0 spiro atoms. The van der Waals surface area contributed by atoms with Crippen molar-refractivity contribution in [3.05, 3.63) is 0 Å². The van der Waals surface area contributed by atoms with Gasteiger partial charge in [0.2, 0.25) is 0 Å². The van der Waals surface area contributed by atoms with E-state index in [1.165, 1.54) is 0 Å². The lowest BCUT2D eigenvalue weighted by Crippen LogP contribution is -2.13. The lowest BCUT2D eigenvalue weighted by molar-refractivity contribution is 0.415. The molecule has 0 amide bonds. The predicted molar refractivity (Wildman–Crippen MR) is 29.3 cm³/mol. The SMILES string of the molecule is CPCB(O)O. The van der Waals surface area contributed by atoms with Gasteiger partial charge in [0.05, 0.1) is 0 Å². The van der Waals surface area contributed by atoms with E-state index in [0.717, 1.165) is 0 Å². The zero-order valence-electron chi connectivity index (χ0n) is 3.68. The monoisotopic (exact) mass is 106 g/mol. The van der Waals surface area contributed by atoms with Crippen molar-refractivity contribution in [1.29, 1.82) is 0 Å². The maximum atomic E-state index is 8.11. The van der Waals surface area contributed by atoms with E-state index in [4.69, 9.17) is 10.0 Å². The maximum absolute atomic E-state index is 8.11. The van der Waals surface area contributed by atoms with Crippen LogP contribution in [0.4, 0.5) is 0 Å². The highest BCUT2D eigenvalue weighted by Crippen LogP contribution is 1.98. The van der Waals surface area contributed by atoms with Gasteiger partial charge in [-0.3, -0.25) is 0 Å². The fourth-order valence-electron chi connectivity index (χ4n) is 0.183. The van der Waals surface area contributed by atoms with Gasteiger partial charge in [0.15, 0.2) is 0 Å². The van der Waals surface area contributed by atoms with E-state index in [0.29, 0.717) is 14.6 Å². The summed E-state index contributed by atoms with van der Waals surface area (Å²) in [5, 5.41) is 16.2. The molecule has 2 nitrogen and oxygen atoms in total. The first-order chi connectivity index (χ1) is 2.77. The molecule has 1 unspecified atom stereocenters. The van der Waals surface area contributed by atoms with Crippen LogP contribution in [0.25, 0.3) is 0 Å². The Bertz CT molecular complexity index is 32.7. The molecule has 0 fully saturated rings. The van der Waals surface area contributed by atoms with Crippen LogP contribution in [0.15, 0.2) is 0 Å². The van der Waals surface area contributed by atoms with Crippen LogP contribution in [-0.4, -0.2) is 29.9 Å². The van der Waals surface area contributed by atoms with Crippen molar-refractivity contribution in [1.82, 2.24) is 0 Å². The van der Waals surface area contributed by atoms with Crippen LogP contribution < -0.4 is 0 Å². The molecule has 0 saturated carbocycles. The Hall–Kier alpha value is 0.415. The highest BCUT2D eigenvalue weighted by atomic mass is 31.1. The Labute approximate surface area is 39.5 Å². The molecule has 0 bridgehead atoms. The van der Waals surface area contributed by atoms with Gasteiger partial charge in [-0.05, 0) is 12.7 Å². The van der Waals surface area contributed by atoms with E-state index in [9.17, 15) is 0 Å². The maximum Gasteiger partial charge on any atom is 0.455 e. The highest BCUT2D eigenvalue weighted by Gasteiger charge is 2.00. The molecule has 0 heterocycles. The second-order valence-corrected chi connectivity index (χ2v) is 2.15. The normalized spacial score (nSPS) is 10.5. The van der Waals surface area contributed by atoms with Gasteiger partial charge < -0.3 is 10.0 Å². The summed E-state index contributed by atoms with van der Waals surface area (Å²) < 4.78 is 0. The first kappa shape index (κ1) is 6.41. The minimum absolute atomic E-state index is 0.514. The van der Waals surface area contributed by atoms with E-state index >= 15 is 0 Å². The van der Waals surface area contributed by atoms with Crippen LogP contribution in [0.1, 0.15) is 0 Å². The first-order valence-electron chi connectivity index (χ1n) is 1.78. The summed E-state index contributed by atoms with van der Waals surface area (Å²) in [5.74, 6) is 0. The van der Waals surface area contributed by atoms with Crippen molar-refractivity contribution in [2.75, 3.05) is 12.7 Å². The third kappa shape index (κ3) is 4.41. The molecule has 0 radical (unpaired) electrons. The minimum Gasteiger partial charge on any atom is -0.427 e. The van der Waals surface area contributed by atoms with E-state index in [1.54, 1.807) is 0 Å². The van der Waals surface area contributed by atoms with Crippen molar-refractivity contribution in [2.45, 2.75) is 0 Å². The smallest absolute Gasteiger partial charge is 0.427 e. The van der Waals surface area contributed by atoms with Gasteiger partial charge in [-0.15, -0.1) is 8.58 Å². The van der Waals surface area contributed by atoms with Crippen LogP contribution in [0.3, 0.4) is 0 Å². The number of hydrogen-bond acceptors (Lipinski definition) is 2. The van der Waals surface area contributed by atoms with E-state index in [2.05, 4.69) is 0 Å². The third-order valence-corrected chi connectivity index (χ3v) is 1.16. The average molecular weight is 106 g/mol. The Morgan fingerprint density at radius 3 is 2.17 bits per heavy atom. The second-order valence-electron chi connectivity index (χ2n) is 1.04. The van der Waals surface area contributed by atoms with Crippen LogP contribution in [0, 0.1) is 0 Å². The van der Waals surface area contributed by atoms with Crippen LogP contribution in [-0.2, 0) is 0 Å². The third-order valence-electron chi connectivity index (χ3n) is 0.387. The van der Waals surface area contributed by atoms with Crippen molar-refractivity contribution < 1.29 is 10.0 Å². The summed E-state index contributed by atoms with van der Waals surface area (Å²) in [7, 11) is -0.451. The van der Waals surface area contributed by atoms with E-state index in [1.807, 2.05) is 6.66 Å². The summed E-state index contributed by atoms with van der Waals surface area (Å²) >= 11 is 0. The van der Waals surface area contributed by atoms with Crippen molar-refractivity contribution >= 4 is 15.7 Å². The number of rotatable bonds is 2. The summed E-state index contributed by atoms with van der Waals surface area (Å²) in [6, 6.07) is 0.514. The van der Waals surface area contributed by atoms with Crippen LogP contribution in [0.2, 0.25) is 0 Å². The van der Waals surface area contributed by atoms with Crippen LogP contribution >= 0.6 is 8.58 Å². The van der Waals surface area contributed by atoms with Crippen molar-refractivity contribution in [3.63, 3.8) is 0 Å². The Morgan fingerprint density at radius 2 is 2.17 bits per heavy atom. The van der Waals surface area contributed by atoms with Gasteiger partial charge in [-0.2, -0.15) is 0 Å². The zero-order chi connectivity index (χ0) is 4.99. The Balaban J connectivity index is 2.63. The molecule has 0 aliphatic carbocycles. The first-order valence-corrected chi connectivity index (χ1v) is 3.49.